The zero-order chi connectivity index (χ0) is 45.3. The van der Waals surface area contributed by atoms with Crippen molar-refractivity contribution in [2.24, 2.45) is 0 Å². The fourth-order valence-corrected chi connectivity index (χ4v) is 12.0. The Morgan fingerprint density at radius 2 is 0.629 bits per heavy atom. The van der Waals surface area contributed by atoms with Gasteiger partial charge in [0.2, 0.25) is 0 Å². The van der Waals surface area contributed by atoms with Crippen LogP contribution >= 0.6 is 0 Å². The van der Waals surface area contributed by atoms with Crippen LogP contribution in [0, 0.1) is 0 Å². The molecule has 17 rings (SSSR count). The van der Waals surface area contributed by atoms with Crippen molar-refractivity contribution in [2.75, 3.05) is 0 Å². The molecule has 0 radical (unpaired) electrons. The molecule has 0 spiro atoms. The molecule has 0 atom stereocenters. The molecular formula is C62H32B2O6. The van der Waals surface area contributed by atoms with Crippen LogP contribution in [0.4, 0.5) is 0 Å². The van der Waals surface area contributed by atoms with Gasteiger partial charge >= 0.3 is 0 Å². The van der Waals surface area contributed by atoms with E-state index < -0.39 is 0 Å². The van der Waals surface area contributed by atoms with E-state index in [4.69, 9.17) is 27.8 Å². The third kappa shape index (κ3) is 5.09. The maximum absolute atomic E-state index is 7.10. The van der Waals surface area contributed by atoms with Gasteiger partial charge in [-0.15, -0.1) is 0 Å². The highest BCUT2D eigenvalue weighted by Gasteiger charge is 2.45. The summed E-state index contributed by atoms with van der Waals surface area (Å²) in [6.07, 6.45) is 0. The summed E-state index contributed by atoms with van der Waals surface area (Å²) in [7, 11) is 0. The van der Waals surface area contributed by atoms with Crippen LogP contribution in [0.25, 0.3) is 87.7 Å². The van der Waals surface area contributed by atoms with Gasteiger partial charge in [0, 0.05) is 38.5 Å². The molecule has 0 fully saturated rings. The third-order valence-corrected chi connectivity index (χ3v) is 15.2. The standard InChI is InChI=1S/C62H32B2O6/c1-3-11-35-25-53-43(21-33(35)9-1)41-23-37(17-19-49(41)65-53)39-27-57-61-59(29-39)69-55-32-56-48(31-47(55)63(61)45-13-5-7-15-51(45)67-57)64-46-14-6-8-16-52(46)68-58-28-40(30-60(70-56)62(58)64)38-18-20-50-42(24-38)44-22-34-10-2-4-12-36(34)26-54(44)66-50/h1-32H. The predicted molar refractivity (Wildman–Crippen MR) is 282 cm³/mol. The minimum Gasteiger partial charge on any atom is -0.458 e. The molecule has 0 N–H and O–H groups in total. The first-order valence-corrected chi connectivity index (χ1v) is 23.7. The summed E-state index contributed by atoms with van der Waals surface area (Å²) in [5.41, 5.74) is 13.9. The van der Waals surface area contributed by atoms with Crippen LogP contribution in [-0.2, 0) is 0 Å². The Kier molecular flexibility index (Phi) is 7.02. The second kappa shape index (κ2) is 13.3. The van der Waals surface area contributed by atoms with Crippen molar-refractivity contribution in [2.45, 2.75) is 0 Å². The summed E-state index contributed by atoms with van der Waals surface area (Å²) < 4.78 is 40.6. The zero-order valence-electron chi connectivity index (χ0n) is 37.1. The van der Waals surface area contributed by atoms with Crippen molar-refractivity contribution in [3.8, 4) is 68.2 Å². The molecule has 0 unspecified atom stereocenters. The van der Waals surface area contributed by atoms with E-state index in [1.807, 2.05) is 12.1 Å². The van der Waals surface area contributed by atoms with Gasteiger partial charge in [0.15, 0.2) is 0 Å². The summed E-state index contributed by atoms with van der Waals surface area (Å²) in [6, 6.07) is 68.2. The van der Waals surface area contributed by atoms with Gasteiger partial charge in [-0.1, -0.05) is 103 Å². The van der Waals surface area contributed by atoms with Gasteiger partial charge in [-0.3, -0.25) is 0 Å². The first-order chi connectivity index (χ1) is 34.6. The SMILES string of the molecule is c1ccc2c(c1)Oc1cc(-c3ccc4oc5cc6ccccc6cc5c4c3)cc3c1B2c1cc2c(cc1O3)Oc1cc(-c3ccc4oc5cc6ccccc6cc5c4c3)cc3c1B2c1ccccc1O3. The summed E-state index contributed by atoms with van der Waals surface area (Å²) in [4.78, 5) is 0. The number of ether oxygens (including phenoxy) is 4. The summed E-state index contributed by atoms with van der Waals surface area (Å²) in [6.45, 7) is -0.284. The molecule has 4 aliphatic rings. The topological polar surface area (TPSA) is 63.2 Å². The van der Waals surface area contributed by atoms with E-state index in [0.717, 1.165) is 156 Å². The third-order valence-electron chi connectivity index (χ3n) is 15.2. The molecule has 0 amide bonds. The summed E-state index contributed by atoms with van der Waals surface area (Å²) >= 11 is 0. The van der Waals surface area contributed by atoms with Gasteiger partial charge in [0.1, 0.15) is 68.3 Å². The molecule has 0 aliphatic carbocycles. The lowest BCUT2D eigenvalue weighted by atomic mass is 9.31. The van der Waals surface area contributed by atoms with Gasteiger partial charge in [-0.25, -0.2) is 0 Å². The van der Waals surface area contributed by atoms with Crippen LogP contribution in [0.2, 0.25) is 0 Å². The van der Waals surface area contributed by atoms with E-state index in [-0.39, 0.29) is 13.4 Å². The maximum Gasteiger partial charge on any atom is 0.260 e. The Labute approximate surface area is 400 Å². The van der Waals surface area contributed by atoms with Crippen molar-refractivity contribution in [1.29, 1.82) is 0 Å². The van der Waals surface area contributed by atoms with E-state index in [0.29, 0.717) is 0 Å². The minimum atomic E-state index is -0.142. The number of rotatable bonds is 2. The molecule has 0 saturated heterocycles. The van der Waals surface area contributed by atoms with Crippen molar-refractivity contribution in [3.05, 3.63) is 194 Å². The van der Waals surface area contributed by atoms with Crippen LogP contribution in [-0.4, -0.2) is 13.4 Å². The molecule has 0 bridgehead atoms. The molecule has 13 aromatic rings. The average molecular weight is 895 g/mol. The Bertz CT molecular complexity index is 4240. The summed E-state index contributed by atoms with van der Waals surface area (Å²) in [5.74, 6) is 6.26. The molecule has 11 aromatic carbocycles. The number of hydrogen-bond donors (Lipinski definition) is 0. The van der Waals surface area contributed by atoms with Gasteiger partial charge in [-0.2, -0.15) is 0 Å². The Hall–Kier alpha value is -9.13. The molecule has 2 aromatic heterocycles. The highest BCUT2D eigenvalue weighted by molar-refractivity contribution is 7.01. The number of furan rings is 2. The van der Waals surface area contributed by atoms with E-state index in [2.05, 4.69) is 182 Å². The fraction of sp³-hybridized carbons (Fsp3) is 0. The smallest absolute Gasteiger partial charge is 0.260 e. The monoisotopic (exact) mass is 894 g/mol. The predicted octanol–water partition coefficient (Wildman–Crippen LogP) is 12.6. The van der Waals surface area contributed by atoms with E-state index in [9.17, 15) is 0 Å². The Morgan fingerprint density at radius 3 is 1.09 bits per heavy atom. The van der Waals surface area contributed by atoms with Crippen molar-refractivity contribution in [3.63, 3.8) is 0 Å². The minimum absolute atomic E-state index is 0.142. The van der Waals surface area contributed by atoms with Crippen LogP contribution in [0.3, 0.4) is 0 Å². The lowest BCUT2D eigenvalue weighted by Gasteiger charge is -2.37. The Morgan fingerprint density at radius 1 is 0.243 bits per heavy atom. The quantitative estimate of drug-likeness (QED) is 0.161. The van der Waals surface area contributed by atoms with Crippen LogP contribution in [0.5, 0.6) is 46.0 Å². The average Bonchev–Trinajstić information content (AvgIpc) is 3.94. The van der Waals surface area contributed by atoms with Crippen molar-refractivity contribution in [1.82, 2.24) is 0 Å². The van der Waals surface area contributed by atoms with E-state index >= 15 is 0 Å². The van der Waals surface area contributed by atoms with Crippen LogP contribution in [0.15, 0.2) is 203 Å². The second-order valence-electron chi connectivity index (χ2n) is 19.1. The van der Waals surface area contributed by atoms with Crippen molar-refractivity contribution < 1.29 is 27.8 Å². The Balaban J connectivity index is 0.817. The van der Waals surface area contributed by atoms with Gasteiger partial charge < -0.3 is 27.8 Å². The summed E-state index contributed by atoms with van der Waals surface area (Å²) in [5, 5.41) is 8.97. The van der Waals surface area contributed by atoms with Gasteiger partial charge in [0.25, 0.3) is 13.4 Å². The first-order valence-electron chi connectivity index (χ1n) is 23.7. The molecule has 70 heavy (non-hydrogen) atoms. The molecular weight excluding hydrogens is 862 g/mol. The molecule has 6 heterocycles. The molecule has 8 heteroatoms. The maximum atomic E-state index is 7.10. The number of para-hydroxylation sites is 2. The lowest BCUT2D eigenvalue weighted by Crippen LogP contribution is -2.61. The van der Waals surface area contributed by atoms with Crippen LogP contribution in [0.1, 0.15) is 0 Å². The highest BCUT2D eigenvalue weighted by atomic mass is 16.5. The lowest BCUT2D eigenvalue weighted by molar-refractivity contribution is 0.452. The first kappa shape index (κ1) is 36.9. The number of benzene rings is 11. The molecule has 0 saturated carbocycles. The zero-order valence-corrected chi connectivity index (χ0v) is 37.1. The number of hydrogen-bond acceptors (Lipinski definition) is 6. The van der Waals surface area contributed by atoms with Crippen molar-refractivity contribution >= 4 is 112 Å². The largest absolute Gasteiger partial charge is 0.458 e. The normalized spacial score (nSPS) is 13.5. The molecule has 4 aliphatic heterocycles. The highest BCUT2D eigenvalue weighted by Crippen LogP contribution is 2.44. The number of fused-ring (bicyclic) bond motifs is 16. The van der Waals surface area contributed by atoms with E-state index in [1.54, 1.807) is 0 Å². The molecule has 6 nitrogen and oxygen atoms in total. The molecule has 322 valence electrons. The van der Waals surface area contributed by atoms with E-state index in [1.165, 1.54) is 10.8 Å². The van der Waals surface area contributed by atoms with Crippen LogP contribution < -0.4 is 51.7 Å². The fourth-order valence-electron chi connectivity index (χ4n) is 12.0. The second-order valence-corrected chi connectivity index (χ2v) is 19.1. The van der Waals surface area contributed by atoms with Gasteiger partial charge in [0.05, 0.1) is 0 Å². The van der Waals surface area contributed by atoms with Gasteiger partial charge in [-0.05, 0) is 151 Å².